The molecule has 2 bridgehead atoms. The number of amides is 2. The molecule has 0 aliphatic carbocycles. The third kappa shape index (κ3) is 4.12. The Hall–Kier alpha value is -3.76. The molecule has 0 spiro atoms. The van der Waals surface area contributed by atoms with Crippen molar-refractivity contribution < 1.29 is 22.4 Å². The minimum atomic E-state index is -4.23. The molecular formula is C25H25F3N6O2. The summed E-state index contributed by atoms with van der Waals surface area (Å²) in [4.78, 5) is 27.8. The first kappa shape index (κ1) is 22.7. The highest BCUT2D eigenvalue weighted by atomic mass is 19.4. The minimum absolute atomic E-state index is 0.0676. The highest BCUT2D eigenvalue weighted by Gasteiger charge is 2.43. The van der Waals surface area contributed by atoms with Crippen LogP contribution in [0.1, 0.15) is 19.3 Å². The van der Waals surface area contributed by atoms with E-state index in [-0.39, 0.29) is 25.0 Å². The number of nitrogens with zero attached hydrogens (tertiary/aromatic N) is 5. The van der Waals surface area contributed by atoms with Crippen LogP contribution in [-0.4, -0.2) is 54.4 Å². The van der Waals surface area contributed by atoms with E-state index in [4.69, 9.17) is 9.40 Å². The van der Waals surface area contributed by atoms with Crippen LogP contribution in [0.4, 0.5) is 41.0 Å². The summed E-state index contributed by atoms with van der Waals surface area (Å²) in [6.45, 7) is 1.87. The molecule has 6 rings (SSSR count). The second-order valence-electron chi connectivity index (χ2n) is 9.47. The lowest BCUT2D eigenvalue weighted by atomic mass is 9.97. The van der Waals surface area contributed by atoms with Gasteiger partial charge in [0.15, 0.2) is 18.0 Å². The summed E-state index contributed by atoms with van der Waals surface area (Å²) >= 11 is 0. The van der Waals surface area contributed by atoms with Crippen LogP contribution in [0.3, 0.4) is 0 Å². The lowest BCUT2D eigenvalue weighted by molar-refractivity contribution is -0.176. The lowest BCUT2D eigenvalue weighted by Gasteiger charge is -2.38. The van der Waals surface area contributed by atoms with Crippen molar-refractivity contribution in [3.63, 3.8) is 0 Å². The number of hydrogen-bond acceptors (Lipinski definition) is 6. The number of oxazole rings is 1. The zero-order valence-electron chi connectivity index (χ0n) is 19.4. The maximum absolute atomic E-state index is 13.5. The summed E-state index contributed by atoms with van der Waals surface area (Å²) in [5.41, 5.74) is 2.19. The Balaban J connectivity index is 1.28. The summed E-state index contributed by atoms with van der Waals surface area (Å²) in [6, 6.07) is 10.5. The molecule has 1 N–H and O–H groups in total. The Morgan fingerprint density at radius 2 is 1.97 bits per heavy atom. The van der Waals surface area contributed by atoms with Gasteiger partial charge < -0.3 is 19.5 Å². The number of benzene rings is 1. The van der Waals surface area contributed by atoms with Crippen molar-refractivity contribution in [2.45, 2.75) is 31.5 Å². The monoisotopic (exact) mass is 498 g/mol. The van der Waals surface area contributed by atoms with E-state index in [1.54, 1.807) is 34.2 Å². The lowest BCUT2D eigenvalue weighted by Crippen LogP contribution is -2.48. The van der Waals surface area contributed by atoms with Gasteiger partial charge in [-0.2, -0.15) is 13.2 Å². The molecule has 188 valence electrons. The minimum Gasteiger partial charge on any atom is -0.444 e. The zero-order chi connectivity index (χ0) is 24.9. The third-order valence-electron chi connectivity index (χ3n) is 7.19. The fourth-order valence-corrected chi connectivity index (χ4v) is 5.38. The number of alkyl halides is 3. The molecule has 3 aliphatic heterocycles. The summed E-state index contributed by atoms with van der Waals surface area (Å²) in [5, 5.41) is 2.97. The molecule has 0 unspecified atom stereocenters. The van der Waals surface area contributed by atoms with E-state index in [1.165, 1.54) is 6.39 Å². The topological polar surface area (TPSA) is 77.7 Å². The number of urea groups is 1. The Morgan fingerprint density at radius 1 is 1.08 bits per heavy atom. The number of carbonyl (C=O) groups is 1. The van der Waals surface area contributed by atoms with Crippen molar-refractivity contribution >= 4 is 29.0 Å². The van der Waals surface area contributed by atoms with E-state index < -0.39 is 12.1 Å². The quantitative estimate of drug-likeness (QED) is 0.539. The summed E-state index contributed by atoms with van der Waals surface area (Å²) < 4.78 is 45.5. The van der Waals surface area contributed by atoms with Gasteiger partial charge in [0.05, 0.1) is 23.8 Å². The number of carbonyl (C=O) groups excluding carboxylic acids is 1. The highest BCUT2D eigenvalue weighted by molar-refractivity contribution is 6.05. The van der Waals surface area contributed by atoms with E-state index in [0.29, 0.717) is 42.6 Å². The number of pyridine rings is 1. The van der Waals surface area contributed by atoms with Crippen molar-refractivity contribution in [1.29, 1.82) is 0 Å². The molecule has 2 amide bonds. The van der Waals surface area contributed by atoms with Gasteiger partial charge in [-0.1, -0.05) is 12.1 Å². The average Bonchev–Trinajstić information content (AvgIpc) is 3.55. The normalized spacial score (nSPS) is 21.5. The molecule has 0 saturated carbocycles. The van der Waals surface area contributed by atoms with Crippen LogP contribution in [-0.2, 0) is 0 Å². The van der Waals surface area contributed by atoms with Gasteiger partial charge in [0.25, 0.3) is 0 Å². The molecule has 2 saturated heterocycles. The molecule has 3 aliphatic rings. The fourth-order valence-electron chi connectivity index (χ4n) is 5.38. The van der Waals surface area contributed by atoms with E-state index in [9.17, 15) is 18.0 Å². The van der Waals surface area contributed by atoms with Gasteiger partial charge in [-0.05, 0) is 43.5 Å². The molecular weight excluding hydrogens is 473 g/mol. The van der Waals surface area contributed by atoms with Crippen molar-refractivity contribution in [2.24, 2.45) is 5.92 Å². The molecule has 11 heteroatoms. The number of fused-ring (bicyclic) bond motifs is 4. The summed E-state index contributed by atoms with van der Waals surface area (Å²) in [6.07, 6.45) is 0.0801. The second-order valence-corrected chi connectivity index (χ2v) is 9.47. The highest BCUT2D eigenvalue weighted by Crippen LogP contribution is 2.41. The van der Waals surface area contributed by atoms with Crippen LogP contribution >= 0.6 is 0 Å². The smallest absolute Gasteiger partial charge is 0.393 e. The van der Waals surface area contributed by atoms with E-state index in [1.807, 2.05) is 18.2 Å². The first-order valence-electron chi connectivity index (χ1n) is 12.0. The van der Waals surface area contributed by atoms with Crippen LogP contribution in [0.15, 0.2) is 53.4 Å². The zero-order valence-corrected chi connectivity index (χ0v) is 19.4. The van der Waals surface area contributed by atoms with Gasteiger partial charge in [0.2, 0.25) is 0 Å². The molecule has 1 aromatic carbocycles. The molecule has 2 fully saturated rings. The van der Waals surface area contributed by atoms with Crippen LogP contribution in [0.25, 0.3) is 11.3 Å². The van der Waals surface area contributed by atoms with E-state index in [0.717, 1.165) is 24.2 Å². The predicted molar refractivity (Wildman–Crippen MR) is 129 cm³/mol. The second kappa shape index (κ2) is 8.72. The van der Waals surface area contributed by atoms with Gasteiger partial charge in [-0.3, -0.25) is 4.90 Å². The standard InChI is InChI=1S/C25H25F3N6O2/c26-25(27,28)17-4-2-9-33(13-17)22-7-6-20-23(31-22)34(19-8-10-32(20)14-19)24(35)30-18-5-1-3-16(11-18)21-12-29-15-36-21/h1,3,5-7,11-12,15,17,19H,2,4,8-10,13-14H2,(H,30,35)/t17-,19-/m1/s1. The first-order valence-corrected chi connectivity index (χ1v) is 12.0. The van der Waals surface area contributed by atoms with Crippen molar-refractivity contribution in [3.05, 3.63) is 49.0 Å². The fraction of sp³-hybridized carbons (Fsp3) is 0.400. The Bertz CT molecular complexity index is 1260. The third-order valence-corrected chi connectivity index (χ3v) is 7.19. The number of aromatic nitrogens is 2. The average molecular weight is 499 g/mol. The van der Waals surface area contributed by atoms with E-state index >= 15 is 0 Å². The number of hydrogen-bond donors (Lipinski definition) is 1. The largest absolute Gasteiger partial charge is 0.444 e. The molecule has 2 aromatic heterocycles. The number of nitrogens with one attached hydrogen (secondary N) is 1. The molecule has 8 nitrogen and oxygen atoms in total. The van der Waals surface area contributed by atoms with Crippen LogP contribution < -0.4 is 20.0 Å². The van der Waals surface area contributed by atoms with Crippen molar-refractivity contribution in [1.82, 2.24) is 9.97 Å². The van der Waals surface area contributed by atoms with Crippen molar-refractivity contribution in [3.8, 4) is 11.3 Å². The SMILES string of the molecule is O=C(Nc1cccc(-c2cnco2)c1)N1c2nc(N3CCC[C@@H](C(F)(F)F)C3)ccc2N2CC[C@@H]1C2. The number of rotatable bonds is 3. The van der Waals surface area contributed by atoms with Gasteiger partial charge in [-0.25, -0.2) is 14.8 Å². The maximum Gasteiger partial charge on any atom is 0.393 e. The molecule has 0 radical (unpaired) electrons. The van der Waals surface area contributed by atoms with Gasteiger partial charge in [-0.15, -0.1) is 0 Å². The number of halogens is 3. The number of piperidine rings is 1. The van der Waals surface area contributed by atoms with E-state index in [2.05, 4.69) is 15.2 Å². The Kier molecular flexibility index (Phi) is 5.50. The first-order chi connectivity index (χ1) is 17.4. The maximum atomic E-state index is 13.5. The molecule has 2 atom stereocenters. The van der Waals surface area contributed by atoms with Crippen molar-refractivity contribution in [2.75, 3.05) is 46.2 Å². The predicted octanol–water partition coefficient (Wildman–Crippen LogP) is 5.15. The number of anilines is 4. The summed E-state index contributed by atoms with van der Waals surface area (Å²) in [5.74, 6) is 0.167. The van der Waals surface area contributed by atoms with Gasteiger partial charge in [0.1, 0.15) is 5.82 Å². The Labute approximate surface area is 205 Å². The van der Waals surface area contributed by atoms with Crippen LogP contribution in [0, 0.1) is 5.92 Å². The molecule has 36 heavy (non-hydrogen) atoms. The Morgan fingerprint density at radius 3 is 2.78 bits per heavy atom. The van der Waals surface area contributed by atoms with Gasteiger partial charge in [0, 0.05) is 37.4 Å². The molecule has 3 aromatic rings. The summed E-state index contributed by atoms with van der Waals surface area (Å²) in [7, 11) is 0. The van der Waals surface area contributed by atoms with Crippen LogP contribution in [0.2, 0.25) is 0 Å². The van der Waals surface area contributed by atoms with Crippen LogP contribution in [0.5, 0.6) is 0 Å². The van der Waals surface area contributed by atoms with Gasteiger partial charge >= 0.3 is 12.2 Å². The molecule has 5 heterocycles.